The monoisotopic (exact) mass is 251 g/mol. The van der Waals surface area contributed by atoms with Gasteiger partial charge in [-0.15, -0.1) is 0 Å². The van der Waals surface area contributed by atoms with Crippen LogP contribution in [0.5, 0.6) is 5.88 Å². The molecule has 18 heavy (non-hydrogen) atoms. The average Bonchev–Trinajstić information content (AvgIpc) is 2.29. The first-order valence-electron chi connectivity index (χ1n) is 6.39. The summed E-state index contributed by atoms with van der Waals surface area (Å²) in [6.07, 6.45) is 0. The molecule has 0 bridgehead atoms. The number of ether oxygens (including phenoxy) is 1. The third-order valence-electron chi connectivity index (χ3n) is 3.35. The zero-order valence-electron chi connectivity index (χ0n) is 12.3. The van der Waals surface area contributed by atoms with E-state index in [0.717, 1.165) is 5.82 Å². The first-order valence-corrected chi connectivity index (χ1v) is 6.39. The van der Waals surface area contributed by atoms with Gasteiger partial charge in [-0.3, -0.25) is 0 Å². The zero-order chi connectivity index (χ0) is 13.9. The molecule has 1 unspecified atom stereocenters. The molecule has 4 heteroatoms. The predicted octanol–water partition coefficient (Wildman–Crippen LogP) is 2.93. The van der Waals surface area contributed by atoms with Crippen molar-refractivity contribution < 1.29 is 4.74 Å². The molecule has 1 atom stereocenters. The minimum absolute atomic E-state index is 0.184. The summed E-state index contributed by atoms with van der Waals surface area (Å²) in [4.78, 5) is 6.63. The van der Waals surface area contributed by atoms with Crippen LogP contribution in [0.1, 0.15) is 34.6 Å². The number of nitrogens with two attached hydrogens (primary N) is 1. The van der Waals surface area contributed by atoms with Crippen LogP contribution < -0.4 is 15.4 Å². The van der Waals surface area contributed by atoms with Crippen molar-refractivity contribution in [2.75, 3.05) is 24.3 Å². The fraction of sp³-hybridized carbons (Fsp3) is 0.643. The summed E-state index contributed by atoms with van der Waals surface area (Å²) in [5, 5.41) is 0. The summed E-state index contributed by atoms with van der Waals surface area (Å²) >= 11 is 0. The minimum Gasteiger partial charge on any atom is -0.476 e. The van der Waals surface area contributed by atoms with Crippen LogP contribution in [0.2, 0.25) is 0 Å². The number of nitrogen functional groups attached to an aromatic ring is 1. The summed E-state index contributed by atoms with van der Waals surface area (Å²) in [7, 11) is 2.05. The van der Waals surface area contributed by atoms with E-state index >= 15 is 0 Å². The maximum atomic E-state index is 5.83. The van der Waals surface area contributed by atoms with Crippen molar-refractivity contribution in [1.82, 2.24) is 4.98 Å². The second-order valence-corrected chi connectivity index (χ2v) is 5.65. The summed E-state index contributed by atoms with van der Waals surface area (Å²) < 4.78 is 5.43. The van der Waals surface area contributed by atoms with Gasteiger partial charge in [0.2, 0.25) is 5.88 Å². The summed E-state index contributed by atoms with van der Waals surface area (Å²) in [5.41, 5.74) is 6.60. The van der Waals surface area contributed by atoms with Crippen LogP contribution in [0.15, 0.2) is 12.1 Å². The summed E-state index contributed by atoms with van der Waals surface area (Å²) in [6, 6.07) is 4.14. The van der Waals surface area contributed by atoms with Gasteiger partial charge in [-0.2, -0.15) is 4.98 Å². The lowest BCUT2D eigenvalue weighted by atomic mass is 9.87. The van der Waals surface area contributed by atoms with Crippen molar-refractivity contribution in [2.45, 2.75) is 40.7 Å². The lowest BCUT2D eigenvalue weighted by molar-refractivity contribution is 0.320. The van der Waals surface area contributed by atoms with Gasteiger partial charge in [0.1, 0.15) is 5.82 Å². The van der Waals surface area contributed by atoms with E-state index < -0.39 is 0 Å². The highest BCUT2D eigenvalue weighted by atomic mass is 16.5. The van der Waals surface area contributed by atoms with E-state index in [2.05, 4.69) is 37.6 Å². The van der Waals surface area contributed by atoms with Crippen LogP contribution in [-0.2, 0) is 0 Å². The zero-order valence-corrected chi connectivity index (χ0v) is 12.3. The molecule has 2 N–H and O–H groups in total. The Morgan fingerprint density at radius 3 is 2.50 bits per heavy atom. The van der Waals surface area contributed by atoms with Gasteiger partial charge >= 0.3 is 0 Å². The Morgan fingerprint density at radius 2 is 2.00 bits per heavy atom. The van der Waals surface area contributed by atoms with Gasteiger partial charge in [0.15, 0.2) is 0 Å². The highest BCUT2D eigenvalue weighted by molar-refractivity contribution is 5.54. The van der Waals surface area contributed by atoms with Crippen LogP contribution in [0.3, 0.4) is 0 Å². The number of hydrogen-bond acceptors (Lipinski definition) is 4. The van der Waals surface area contributed by atoms with Crippen LogP contribution in [0.4, 0.5) is 11.5 Å². The molecule has 0 aliphatic carbocycles. The van der Waals surface area contributed by atoms with Gasteiger partial charge in [-0.1, -0.05) is 20.8 Å². The van der Waals surface area contributed by atoms with E-state index in [1.807, 2.05) is 26.1 Å². The molecule has 0 saturated carbocycles. The number of pyridine rings is 1. The number of nitrogens with zero attached hydrogens (tertiary/aromatic N) is 2. The molecule has 0 aromatic carbocycles. The second kappa shape index (κ2) is 5.46. The highest BCUT2D eigenvalue weighted by Gasteiger charge is 2.25. The largest absolute Gasteiger partial charge is 0.476 e. The Morgan fingerprint density at radius 1 is 1.39 bits per heavy atom. The third-order valence-corrected chi connectivity index (χ3v) is 3.35. The Hall–Kier alpha value is -1.45. The molecule has 1 rings (SSSR count). The van der Waals surface area contributed by atoms with Crippen LogP contribution >= 0.6 is 0 Å². The molecular weight excluding hydrogens is 226 g/mol. The molecule has 1 aromatic rings. The smallest absolute Gasteiger partial charge is 0.239 e. The summed E-state index contributed by atoms with van der Waals surface area (Å²) in [6.45, 7) is 11.3. The Labute approximate surface area is 110 Å². The molecule has 4 nitrogen and oxygen atoms in total. The van der Waals surface area contributed by atoms with Gasteiger partial charge < -0.3 is 15.4 Å². The first kappa shape index (κ1) is 14.6. The molecule has 1 heterocycles. The van der Waals surface area contributed by atoms with E-state index in [0.29, 0.717) is 24.2 Å². The Kier molecular flexibility index (Phi) is 4.43. The third kappa shape index (κ3) is 3.28. The molecule has 0 spiro atoms. The van der Waals surface area contributed by atoms with Crippen LogP contribution in [0.25, 0.3) is 0 Å². The predicted molar refractivity (Wildman–Crippen MR) is 77.1 cm³/mol. The van der Waals surface area contributed by atoms with E-state index in [9.17, 15) is 0 Å². The fourth-order valence-corrected chi connectivity index (χ4v) is 1.67. The van der Waals surface area contributed by atoms with Gasteiger partial charge in [0, 0.05) is 13.1 Å². The normalized spacial score (nSPS) is 13.2. The van der Waals surface area contributed by atoms with E-state index in [1.54, 1.807) is 0 Å². The quantitative estimate of drug-likeness (QED) is 0.894. The van der Waals surface area contributed by atoms with Crippen LogP contribution in [0, 0.1) is 5.41 Å². The lowest BCUT2D eigenvalue weighted by Crippen LogP contribution is -2.39. The molecule has 0 aliphatic heterocycles. The van der Waals surface area contributed by atoms with Crippen molar-refractivity contribution >= 4 is 11.5 Å². The van der Waals surface area contributed by atoms with Crippen molar-refractivity contribution in [3.8, 4) is 5.88 Å². The molecule has 0 fully saturated rings. The summed E-state index contributed by atoms with van der Waals surface area (Å²) in [5.74, 6) is 1.40. The van der Waals surface area contributed by atoms with Crippen molar-refractivity contribution in [3.05, 3.63) is 12.1 Å². The average molecular weight is 251 g/mol. The number of hydrogen-bond donors (Lipinski definition) is 1. The fourth-order valence-electron chi connectivity index (χ4n) is 1.67. The Bertz CT molecular complexity index is 399. The van der Waals surface area contributed by atoms with Gasteiger partial charge in [0.25, 0.3) is 0 Å². The SMILES string of the molecule is CCOc1nc(N(C)C(C)C(C)(C)C)ccc1N. The number of anilines is 2. The molecule has 0 saturated heterocycles. The molecule has 0 radical (unpaired) electrons. The van der Waals surface area contributed by atoms with Crippen molar-refractivity contribution in [2.24, 2.45) is 5.41 Å². The molecule has 1 aromatic heterocycles. The second-order valence-electron chi connectivity index (χ2n) is 5.65. The van der Waals surface area contributed by atoms with E-state index in [4.69, 9.17) is 10.5 Å². The van der Waals surface area contributed by atoms with Crippen molar-refractivity contribution in [3.63, 3.8) is 0 Å². The van der Waals surface area contributed by atoms with E-state index in [1.165, 1.54) is 0 Å². The molecule has 0 amide bonds. The molecule has 102 valence electrons. The standard InChI is InChI=1S/C14H25N3O/c1-7-18-13-11(15)8-9-12(16-13)17(6)10(2)14(3,4)5/h8-10H,7,15H2,1-6H3. The van der Waals surface area contributed by atoms with E-state index in [-0.39, 0.29) is 5.41 Å². The number of aromatic nitrogens is 1. The highest BCUT2D eigenvalue weighted by Crippen LogP contribution is 2.29. The Balaban J connectivity index is 2.99. The lowest BCUT2D eigenvalue weighted by Gasteiger charge is -2.36. The minimum atomic E-state index is 0.184. The number of rotatable bonds is 4. The molecule has 0 aliphatic rings. The van der Waals surface area contributed by atoms with Crippen molar-refractivity contribution in [1.29, 1.82) is 0 Å². The topological polar surface area (TPSA) is 51.4 Å². The van der Waals surface area contributed by atoms with Crippen LogP contribution in [-0.4, -0.2) is 24.7 Å². The molecular formula is C14H25N3O. The first-order chi connectivity index (χ1) is 8.27. The maximum absolute atomic E-state index is 5.83. The van der Waals surface area contributed by atoms with Gasteiger partial charge in [-0.05, 0) is 31.4 Å². The van der Waals surface area contributed by atoms with Gasteiger partial charge in [-0.25, -0.2) is 0 Å². The maximum Gasteiger partial charge on any atom is 0.239 e. The van der Waals surface area contributed by atoms with Gasteiger partial charge in [0.05, 0.1) is 12.3 Å².